The quantitative estimate of drug-likeness (QED) is 0.923. The SMILES string of the molecule is COCc1cccc(CN2CCC3CNCC3C2)c1.Cl. The Morgan fingerprint density at radius 3 is 2.90 bits per heavy atom. The van der Waals surface area contributed by atoms with E-state index >= 15 is 0 Å². The van der Waals surface area contributed by atoms with Gasteiger partial charge in [-0.05, 0) is 49.0 Å². The maximum absolute atomic E-state index is 5.21. The Kier molecular flexibility index (Phi) is 5.85. The number of halogens is 1. The molecule has 20 heavy (non-hydrogen) atoms. The van der Waals surface area contributed by atoms with Crippen LogP contribution in [-0.2, 0) is 17.9 Å². The molecule has 4 heteroatoms. The Bertz CT molecular complexity index is 427. The average Bonchev–Trinajstić information content (AvgIpc) is 2.87. The molecule has 2 atom stereocenters. The largest absolute Gasteiger partial charge is 0.380 e. The summed E-state index contributed by atoms with van der Waals surface area (Å²) in [5.41, 5.74) is 2.69. The zero-order chi connectivity index (χ0) is 13.1. The number of benzene rings is 1. The predicted octanol–water partition coefficient (Wildman–Crippen LogP) is 2.30. The molecule has 1 N–H and O–H groups in total. The van der Waals surface area contributed by atoms with Gasteiger partial charge < -0.3 is 10.1 Å². The van der Waals surface area contributed by atoms with Crippen molar-refractivity contribution >= 4 is 12.4 Å². The minimum atomic E-state index is 0. The van der Waals surface area contributed by atoms with Crippen LogP contribution < -0.4 is 5.32 Å². The van der Waals surface area contributed by atoms with Gasteiger partial charge in [0.2, 0.25) is 0 Å². The Morgan fingerprint density at radius 1 is 1.25 bits per heavy atom. The summed E-state index contributed by atoms with van der Waals surface area (Å²) in [7, 11) is 1.75. The minimum absolute atomic E-state index is 0. The molecule has 2 saturated heterocycles. The van der Waals surface area contributed by atoms with Crippen molar-refractivity contribution in [3.63, 3.8) is 0 Å². The van der Waals surface area contributed by atoms with Gasteiger partial charge in [0, 0.05) is 20.2 Å². The second-order valence-electron chi connectivity index (χ2n) is 5.96. The van der Waals surface area contributed by atoms with Crippen molar-refractivity contribution in [1.29, 1.82) is 0 Å². The fourth-order valence-corrected chi connectivity index (χ4v) is 3.50. The highest BCUT2D eigenvalue weighted by Gasteiger charge is 2.32. The number of methoxy groups -OCH3 is 1. The maximum atomic E-state index is 5.21. The van der Waals surface area contributed by atoms with Crippen molar-refractivity contribution in [3.8, 4) is 0 Å². The zero-order valence-electron chi connectivity index (χ0n) is 12.2. The fourth-order valence-electron chi connectivity index (χ4n) is 3.50. The van der Waals surface area contributed by atoms with Crippen LogP contribution in [0.2, 0.25) is 0 Å². The molecular formula is C16H25ClN2O. The summed E-state index contributed by atoms with van der Waals surface area (Å²) in [5.74, 6) is 1.80. The molecule has 0 aromatic heterocycles. The van der Waals surface area contributed by atoms with Gasteiger partial charge in [0.1, 0.15) is 0 Å². The number of likely N-dealkylation sites (tertiary alicyclic amines) is 1. The molecule has 2 aliphatic heterocycles. The molecule has 0 spiro atoms. The standard InChI is InChI=1S/C16H24N2O.ClH/c1-19-12-14-4-2-3-13(7-14)10-18-6-5-15-8-17-9-16(15)11-18;/h2-4,7,15-17H,5-6,8-12H2,1H3;1H. The Labute approximate surface area is 128 Å². The number of hydrogen-bond acceptors (Lipinski definition) is 3. The highest BCUT2D eigenvalue weighted by atomic mass is 35.5. The molecule has 1 aromatic rings. The minimum Gasteiger partial charge on any atom is -0.380 e. The molecule has 112 valence electrons. The van der Waals surface area contributed by atoms with Crippen molar-refractivity contribution in [2.24, 2.45) is 11.8 Å². The third-order valence-corrected chi connectivity index (χ3v) is 4.50. The Hall–Kier alpha value is -0.610. The lowest BCUT2D eigenvalue weighted by atomic mass is 9.88. The molecule has 2 unspecified atom stereocenters. The first-order valence-corrected chi connectivity index (χ1v) is 7.35. The maximum Gasteiger partial charge on any atom is 0.0713 e. The van der Waals surface area contributed by atoms with Crippen LogP contribution >= 0.6 is 12.4 Å². The third-order valence-electron chi connectivity index (χ3n) is 4.50. The molecule has 0 radical (unpaired) electrons. The number of nitrogens with zero attached hydrogens (tertiary/aromatic N) is 1. The summed E-state index contributed by atoms with van der Waals surface area (Å²) in [6.45, 7) is 6.75. The average molecular weight is 297 g/mol. The lowest BCUT2D eigenvalue weighted by Gasteiger charge is -2.34. The molecule has 2 aliphatic rings. The molecule has 0 saturated carbocycles. The lowest BCUT2D eigenvalue weighted by molar-refractivity contribution is 0.142. The van der Waals surface area contributed by atoms with Crippen LogP contribution in [0.15, 0.2) is 24.3 Å². The van der Waals surface area contributed by atoms with Crippen LogP contribution in [0, 0.1) is 11.8 Å². The van der Waals surface area contributed by atoms with E-state index in [1.165, 1.54) is 43.7 Å². The Balaban J connectivity index is 0.00000147. The van der Waals surface area contributed by atoms with Crippen molar-refractivity contribution in [3.05, 3.63) is 35.4 Å². The fraction of sp³-hybridized carbons (Fsp3) is 0.625. The first-order chi connectivity index (χ1) is 9.35. The van der Waals surface area contributed by atoms with Gasteiger partial charge in [0.15, 0.2) is 0 Å². The summed E-state index contributed by atoms with van der Waals surface area (Å²) >= 11 is 0. The summed E-state index contributed by atoms with van der Waals surface area (Å²) in [4.78, 5) is 2.61. The first kappa shape index (κ1) is 15.8. The normalized spacial score (nSPS) is 26.1. The van der Waals surface area contributed by atoms with E-state index in [2.05, 4.69) is 34.5 Å². The van der Waals surface area contributed by atoms with E-state index < -0.39 is 0 Å². The number of fused-ring (bicyclic) bond motifs is 1. The van der Waals surface area contributed by atoms with Gasteiger partial charge in [-0.25, -0.2) is 0 Å². The predicted molar refractivity (Wildman–Crippen MR) is 84.1 cm³/mol. The van der Waals surface area contributed by atoms with Gasteiger partial charge >= 0.3 is 0 Å². The van der Waals surface area contributed by atoms with Crippen LogP contribution in [0.5, 0.6) is 0 Å². The van der Waals surface area contributed by atoms with Crippen LogP contribution in [0.25, 0.3) is 0 Å². The van der Waals surface area contributed by atoms with Gasteiger partial charge in [0.25, 0.3) is 0 Å². The lowest BCUT2D eigenvalue weighted by Crippen LogP contribution is -2.39. The highest BCUT2D eigenvalue weighted by molar-refractivity contribution is 5.85. The highest BCUT2D eigenvalue weighted by Crippen LogP contribution is 2.27. The van der Waals surface area contributed by atoms with E-state index in [0.29, 0.717) is 6.61 Å². The van der Waals surface area contributed by atoms with E-state index in [1.54, 1.807) is 7.11 Å². The van der Waals surface area contributed by atoms with E-state index in [-0.39, 0.29) is 12.4 Å². The second-order valence-corrected chi connectivity index (χ2v) is 5.96. The number of rotatable bonds is 4. The third kappa shape index (κ3) is 3.73. The van der Waals surface area contributed by atoms with Crippen molar-refractivity contribution < 1.29 is 4.74 Å². The van der Waals surface area contributed by atoms with Gasteiger partial charge in [0.05, 0.1) is 6.61 Å². The van der Waals surface area contributed by atoms with E-state index in [9.17, 15) is 0 Å². The molecule has 2 heterocycles. The number of ether oxygens (including phenoxy) is 1. The van der Waals surface area contributed by atoms with E-state index in [1.807, 2.05) is 0 Å². The van der Waals surface area contributed by atoms with Gasteiger partial charge in [-0.3, -0.25) is 4.90 Å². The zero-order valence-corrected chi connectivity index (χ0v) is 13.0. The van der Waals surface area contributed by atoms with E-state index in [0.717, 1.165) is 18.4 Å². The molecule has 0 aliphatic carbocycles. The monoisotopic (exact) mass is 296 g/mol. The second kappa shape index (κ2) is 7.41. The molecule has 2 fully saturated rings. The van der Waals surface area contributed by atoms with E-state index in [4.69, 9.17) is 4.74 Å². The molecule has 1 aromatic carbocycles. The van der Waals surface area contributed by atoms with Crippen LogP contribution in [0.4, 0.5) is 0 Å². The first-order valence-electron chi connectivity index (χ1n) is 7.35. The number of hydrogen-bond donors (Lipinski definition) is 1. The van der Waals surface area contributed by atoms with Crippen LogP contribution in [0.1, 0.15) is 17.5 Å². The van der Waals surface area contributed by atoms with Crippen molar-refractivity contribution in [2.75, 3.05) is 33.3 Å². The number of piperidine rings is 1. The molecule has 3 rings (SSSR count). The smallest absolute Gasteiger partial charge is 0.0713 e. The van der Waals surface area contributed by atoms with Crippen LogP contribution in [-0.4, -0.2) is 38.2 Å². The molecule has 3 nitrogen and oxygen atoms in total. The summed E-state index contributed by atoms with van der Waals surface area (Å²) < 4.78 is 5.21. The summed E-state index contributed by atoms with van der Waals surface area (Å²) in [6.07, 6.45) is 1.36. The topological polar surface area (TPSA) is 24.5 Å². The summed E-state index contributed by atoms with van der Waals surface area (Å²) in [6, 6.07) is 8.80. The number of nitrogens with one attached hydrogen (secondary N) is 1. The Morgan fingerprint density at radius 2 is 2.05 bits per heavy atom. The summed E-state index contributed by atoms with van der Waals surface area (Å²) in [5, 5.41) is 3.53. The van der Waals surface area contributed by atoms with Gasteiger partial charge in [-0.2, -0.15) is 0 Å². The molecule has 0 bridgehead atoms. The van der Waals surface area contributed by atoms with Crippen molar-refractivity contribution in [2.45, 2.75) is 19.6 Å². The van der Waals surface area contributed by atoms with Crippen LogP contribution in [0.3, 0.4) is 0 Å². The van der Waals surface area contributed by atoms with Gasteiger partial charge in [-0.1, -0.05) is 24.3 Å². The van der Waals surface area contributed by atoms with Gasteiger partial charge in [-0.15, -0.1) is 12.4 Å². The molecule has 0 amide bonds. The van der Waals surface area contributed by atoms with Crippen molar-refractivity contribution in [1.82, 2.24) is 10.2 Å². The molecular weight excluding hydrogens is 272 g/mol.